The van der Waals surface area contributed by atoms with Crippen molar-refractivity contribution in [3.05, 3.63) is 70.4 Å². The van der Waals surface area contributed by atoms with E-state index in [1.165, 1.54) is 12.1 Å². The molecule has 0 atom stereocenters. The summed E-state index contributed by atoms with van der Waals surface area (Å²) in [4.78, 5) is 20.8. The average Bonchev–Trinajstić information content (AvgIpc) is 2.67. The predicted octanol–water partition coefficient (Wildman–Crippen LogP) is 5.45. The minimum absolute atomic E-state index is 0.0864. The fraction of sp³-hybridized carbons (Fsp3) is 0.190. The molecule has 1 heterocycles. The Hall–Kier alpha value is -3.13. The maximum atomic E-state index is 13.1. The number of halogens is 4. The number of carbonyl (C=O) groups is 1. The molecule has 1 aromatic heterocycles. The van der Waals surface area contributed by atoms with Crippen molar-refractivity contribution in [2.45, 2.75) is 20.0 Å². The fourth-order valence-corrected chi connectivity index (χ4v) is 2.80. The molecule has 0 radical (unpaired) electrons. The molecular weight excluding hydrogens is 419 g/mol. The topological polar surface area (TPSA) is 64.1 Å². The number of anilines is 1. The van der Waals surface area contributed by atoms with E-state index in [1.54, 1.807) is 6.92 Å². The van der Waals surface area contributed by atoms with Crippen LogP contribution in [0.5, 0.6) is 5.88 Å². The standard InChI is InChI=1S/C21H17ClF3N3O2/c1-12-3-5-14(6-4-12)20-26-13(2)9-19(28-20)30-11-18(29)27-17-8-7-15(22)10-16(17)21(23,24)25/h3-10H,11H2,1-2H3,(H,27,29). The van der Waals surface area contributed by atoms with Gasteiger partial charge in [0.2, 0.25) is 5.88 Å². The van der Waals surface area contributed by atoms with E-state index in [2.05, 4.69) is 15.3 Å². The number of hydrogen-bond donors (Lipinski definition) is 1. The number of carbonyl (C=O) groups excluding carboxylic acids is 1. The van der Waals surface area contributed by atoms with Crippen molar-refractivity contribution in [3.8, 4) is 17.3 Å². The zero-order chi connectivity index (χ0) is 21.9. The summed E-state index contributed by atoms with van der Waals surface area (Å²) in [5, 5.41) is 2.11. The normalized spacial score (nSPS) is 11.3. The van der Waals surface area contributed by atoms with Gasteiger partial charge in [-0.1, -0.05) is 41.4 Å². The van der Waals surface area contributed by atoms with E-state index in [-0.39, 0.29) is 10.9 Å². The molecule has 3 rings (SSSR count). The highest BCUT2D eigenvalue weighted by Gasteiger charge is 2.34. The van der Waals surface area contributed by atoms with E-state index >= 15 is 0 Å². The Kier molecular flexibility index (Phi) is 6.26. The van der Waals surface area contributed by atoms with Crippen molar-refractivity contribution in [2.75, 3.05) is 11.9 Å². The highest BCUT2D eigenvalue weighted by Crippen LogP contribution is 2.36. The summed E-state index contributed by atoms with van der Waals surface area (Å²) in [6.07, 6.45) is -4.67. The van der Waals surface area contributed by atoms with Gasteiger partial charge >= 0.3 is 6.18 Å². The first-order valence-electron chi connectivity index (χ1n) is 8.84. The van der Waals surface area contributed by atoms with Crippen LogP contribution in [-0.4, -0.2) is 22.5 Å². The Morgan fingerprint density at radius 2 is 1.77 bits per heavy atom. The smallest absolute Gasteiger partial charge is 0.418 e. The lowest BCUT2D eigenvalue weighted by Gasteiger charge is -2.14. The average molecular weight is 436 g/mol. The van der Waals surface area contributed by atoms with Gasteiger partial charge < -0.3 is 10.1 Å². The summed E-state index contributed by atoms with van der Waals surface area (Å²) in [5.41, 5.74) is 1.03. The summed E-state index contributed by atoms with van der Waals surface area (Å²) in [6, 6.07) is 12.2. The monoisotopic (exact) mass is 435 g/mol. The molecule has 156 valence electrons. The number of ether oxygens (including phenoxy) is 1. The van der Waals surface area contributed by atoms with E-state index in [0.717, 1.165) is 23.3 Å². The zero-order valence-electron chi connectivity index (χ0n) is 16.0. The largest absolute Gasteiger partial charge is 0.467 e. The van der Waals surface area contributed by atoms with Gasteiger partial charge in [-0.05, 0) is 32.0 Å². The van der Waals surface area contributed by atoms with Crippen molar-refractivity contribution in [3.63, 3.8) is 0 Å². The fourth-order valence-electron chi connectivity index (χ4n) is 2.63. The first-order valence-corrected chi connectivity index (χ1v) is 9.22. The van der Waals surface area contributed by atoms with E-state index < -0.39 is 29.9 Å². The van der Waals surface area contributed by atoms with E-state index in [0.29, 0.717) is 11.5 Å². The predicted molar refractivity (Wildman–Crippen MR) is 108 cm³/mol. The Morgan fingerprint density at radius 1 is 1.07 bits per heavy atom. The third-order valence-corrected chi connectivity index (χ3v) is 4.29. The Labute approximate surface area is 175 Å². The second-order valence-corrected chi connectivity index (χ2v) is 7.00. The molecule has 1 amide bonds. The van der Waals surface area contributed by atoms with Crippen LogP contribution in [0.2, 0.25) is 5.02 Å². The lowest BCUT2D eigenvalue weighted by atomic mass is 10.1. The third kappa shape index (κ3) is 5.48. The first-order chi connectivity index (χ1) is 14.1. The van der Waals surface area contributed by atoms with Gasteiger partial charge in [0.25, 0.3) is 5.91 Å². The quantitative estimate of drug-likeness (QED) is 0.578. The maximum Gasteiger partial charge on any atom is 0.418 e. The number of hydrogen-bond acceptors (Lipinski definition) is 4. The summed E-state index contributed by atoms with van der Waals surface area (Å²) in [5.74, 6) is -0.209. The molecule has 1 N–H and O–H groups in total. The van der Waals surface area contributed by atoms with E-state index in [1.807, 2.05) is 31.2 Å². The second kappa shape index (κ2) is 8.71. The van der Waals surface area contributed by atoms with Crippen LogP contribution >= 0.6 is 11.6 Å². The highest BCUT2D eigenvalue weighted by atomic mass is 35.5. The number of nitrogens with one attached hydrogen (secondary N) is 1. The molecule has 0 unspecified atom stereocenters. The van der Waals surface area contributed by atoms with Crippen molar-refractivity contribution in [1.82, 2.24) is 9.97 Å². The molecular formula is C21H17ClF3N3O2. The van der Waals surface area contributed by atoms with Gasteiger partial charge in [-0.25, -0.2) is 4.98 Å². The maximum absolute atomic E-state index is 13.1. The third-order valence-electron chi connectivity index (χ3n) is 4.05. The molecule has 0 bridgehead atoms. The number of aryl methyl sites for hydroxylation is 2. The van der Waals surface area contributed by atoms with Crippen LogP contribution in [0.25, 0.3) is 11.4 Å². The SMILES string of the molecule is Cc1ccc(-c2nc(C)cc(OCC(=O)Nc3ccc(Cl)cc3C(F)(F)F)n2)cc1. The molecule has 3 aromatic rings. The van der Waals surface area contributed by atoms with Gasteiger partial charge in [-0.15, -0.1) is 0 Å². The summed E-state index contributed by atoms with van der Waals surface area (Å²) < 4.78 is 44.8. The number of amides is 1. The van der Waals surface area contributed by atoms with Crippen LogP contribution in [0.4, 0.5) is 18.9 Å². The van der Waals surface area contributed by atoms with Crippen molar-refractivity contribution in [1.29, 1.82) is 0 Å². The lowest BCUT2D eigenvalue weighted by Crippen LogP contribution is -2.22. The minimum Gasteiger partial charge on any atom is -0.467 e. The molecule has 0 saturated heterocycles. The summed E-state index contributed by atoms with van der Waals surface area (Å²) in [6.45, 7) is 3.18. The van der Waals surface area contributed by atoms with Gasteiger partial charge in [0.15, 0.2) is 12.4 Å². The lowest BCUT2D eigenvalue weighted by molar-refractivity contribution is -0.137. The molecule has 0 spiro atoms. The molecule has 0 aliphatic carbocycles. The molecule has 2 aromatic carbocycles. The Balaban J connectivity index is 1.72. The van der Waals surface area contributed by atoms with Gasteiger partial charge in [-0.2, -0.15) is 18.2 Å². The molecule has 0 aliphatic heterocycles. The molecule has 0 aliphatic rings. The van der Waals surface area contributed by atoms with E-state index in [9.17, 15) is 18.0 Å². The molecule has 30 heavy (non-hydrogen) atoms. The van der Waals surface area contributed by atoms with E-state index in [4.69, 9.17) is 16.3 Å². The van der Waals surface area contributed by atoms with Gasteiger partial charge in [0.1, 0.15) is 0 Å². The minimum atomic E-state index is -4.67. The molecule has 0 fully saturated rings. The highest BCUT2D eigenvalue weighted by molar-refractivity contribution is 6.30. The Bertz CT molecular complexity index is 1070. The number of nitrogens with zero attached hydrogens (tertiary/aromatic N) is 2. The number of alkyl halides is 3. The number of benzene rings is 2. The summed E-state index contributed by atoms with van der Waals surface area (Å²) >= 11 is 5.64. The van der Waals surface area contributed by atoms with Gasteiger partial charge in [0, 0.05) is 22.3 Å². The van der Waals surface area contributed by atoms with Gasteiger partial charge in [-0.3, -0.25) is 4.79 Å². The van der Waals surface area contributed by atoms with Gasteiger partial charge in [0.05, 0.1) is 11.3 Å². The zero-order valence-corrected chi connectivity index (χ0v) is 16.8. The van der Waals surface area contributed by atoms with Crippen LogP contribution in [-0.2, 0) is 11.0 Å². The van der Waals surface area contributed by atoms with Crippen molar-refractivity contribution < 1.29 is 22.7 Å². The van der Waals surface area contributed by atoms with Crippen LogP contribution < -0.4 is 10.1 Å². The Morgan fingerprint density at radius 3 is 2.43 bits per heavy atom. The van der Waals surface area contributed by atoms with Crippen LogP contribution in [0.1, 0.15) is 16.8 Å². The first kappa shape index (κ1) is 21.6. The number of aromatic nitrogens is 2. The van der Waals surface area contributed by atoms with Crippen LogP contribution in [0.15, 0.2) is 48.5 Å². The molecule has 9 heteroatoms. The number of rotatable bonds is 5. The summed E-state index contributed by atoms with van der Waals surface area (Å²) in [7, 11) is 0. The molecule has 0 saturated carbocycles. The van der Waals surface area contributed by atoms with Crippen molar-refractivity contribution >= 4 is 23.2 Å². The van der Waals surface area contributed by atoms with Crippen LogP contribution in [0, 0.1) is 13.8 Å². The van der Waals surface area contributed by atoms with Crippen LogP contribution in [0.3, 0.4) is 0 Å². The van der Waals surface area contributed by atoms with Crippen molar-refractivity contribution in [2.24, 2.45) is 0 Å². The second-order valence-electron chi connectivity index (χ2n) is 6.56. The molecule has 5 nitrogen and oxygen atoms in total.